The molecule has 0 saturated heterocycles. The number of esters is 1. The van der Waals surface area contributed by atoms with Crippen LogP contribution in [0.1, 0.15) is 38.8 Å². The fraction of sp³-hybridized carbons (Fsp3) is 0.360. The Hall–Kier alpha value is -3.38. The van der Waals surface area contributed by atoms with Gasteiger partial charge in [0, 0.05) is 47.8 Å². The third kappa shape index (κ3) is 4.64. The first-order valence-corrected chi connectivity index (χ1v) is 12.5. The van der Waals surface area contributed by atoms with E-state index in [0.29, 0.717) is 34.7 Å². The van der Waals surface area contributed by atoms with E-state index in [1.54, 1.807) is 31.1 Å². The molecule has 7 nitrogen and oxygen atoms in total. The highest BCUT2D eigenvalue weighted by atomic mass is 32.2. The lowest BCUT2D eigenvalue weighted by Crippen LogP contribution is -2.24. The number of hydrogen-bond donors (Lipinski definition) is 1. The van der Waals surface area contributed by atoms with Crippen LogP contribution < -0.4 is 0 Å². The number of pyridine rings is 1. The summed E-state index contributed by atoms with van der Waals surface area (Å²) in [6, 6.07) is 1.18. The van der Waals surface area contributed by atoms with Crippen LogP contribution in [0.25, 0.3) is 33.5 Å². The van der Waals surface area contributed by atoms with E-state index in [-0.39, 0.29) is 12.0 Å². The van der Waals surface area contributed by atoms with Gasteiger partial charge in [0.15, 0.2) is 5.82 Å². The third-order valence-electron chi connectivity index (χ3n) is 5.79. The Kier molecular flexibility index (Phi) is 7.17. The normalized spacial score (nSPS) is 13.0. The van der Waals surface area contributed by atoms with Crippen molar-refractivity contribution in [2.45, 2.75) is 33.2 Å². The minimum Gasteiger partial charge on any atom is -0.466 e. The van der Waals surface area contributed by atoms with Gasteiger partial charge in [-0.2, -0.15) is 11.8 Å². The number of carbonyl (C=O) groups excluding carboxylic acids is 1. The number of fused-ring (bicyclic) bond motifs is 2. The first-order chi connectivity index (χ1) is 16.4. The maximum Gasteiger partial charge on any atom is 0.310 e. The average Bonchev–Trinajstić information content (AvgIpc) is 3.42. The van der Waals surface area contributed by atoms with E-state index in [2.05, 4.69) is 26.8 Å². The van der Waals surface area contributed by atoms with E-state index in [4.69, 9.17) is 9.72 Å². The maximum atomic E-state index is 13.9. The van der Waals surface area contributed by atoms with Crippen molar-refractivity contribution in [3.05, 3.63) is 42.2 Å². The minimum absolute atomic E-state index is 0.229. The molecule has 0 radical (unpaired) electrons. The quantitative estimate of drug-likeness (QED) is 0.229. The summed E-state index contributed by atoms with van der Waals surface area (Å²) < 4.78 is 21.0. The number of rotatable bonds is 7. The molecule has 2 atom stereocenters. The zero-order valence-electron chi connectivity index (χ0n) is 19.6. The Labute approximate surface area is 201 Å². The summed E-state index contributed by atoms with van der Waals surface area (Å²) in [5.74, 6) is 6.74. The number of hydrogen-bond acceptors (Lipinski definition) is 6. The number of halogens is 1. The first kappa shape index (κ1) is 23.8. The smallest absolute Gasteiger partial charge is 0.310 e. The van der Waals surface area contributed by atoms with Crippen molar-refractivity contribution in [2.24, 2.45) is 5.92 Å². The monoisotopic (exact) mass is 479 g/mol. The topological polar surface area (TPSA) is 85.7 Å². The van der Waals surface area contributed by atoms with Gasteiger partial charge in [-0.3, -0.25) is 4.79 Å². The number of thioether (sulfide) groups is 1. The van der Waals surface area contributed by atoms with Gasteiger partial charge in [0.25, 0.3) is 0 Å². The van der Waals surface area contributed by atoms with Gasteiger partial charge in [0.05, 0.1) is 29.7 Å². The van der Waals surface area contributed by atoms with Gasteiger partial charge in [0.2, 0.25) is 0 Å². The molecular weight excluding hydrogens is 453 g/mol. The lowest BCUT2D eigenvalue weighted by molar-refractivity contribution is -0.148. The number of ether oxygens (including phenoxy) is 1. The molecule has 4 aromatic rings. The number of H-pyrrole nitrogens is 1. The zero-order valence-corrected chi connectivity index (χ0v) is 20.4. The van der Waals surface area contributed by atoms with Crippen LogP contribution in [0.5, 0.6) is 0 Å². The Morgan fingerprint density at radius 3 is 2.88 bits per heavy atom. The molecule has 0 fully saturated rings. The second-order valence-electron chi connectivity index (χ2n) is 7.96. The molecule has 4 aromatic heterocycles. The summed E-state index contributed by atoms with van der Waals surface area (Å²) >= 11 is 1.75. The van der Waals surface area contributed by atoms with Gasteiger partial charge in [-0.15, -0.1) is 0 Å². The van der Waals surface area contributed by atoms with E-state index in [1.807, 2.05) is 30.9 Å². The van der Waals surface area contributed by atoms with Gasteiger partial charge in [-0.05, 0) is 33.1 Å². The number of nitrogens with one attached hydrogen (secondary N) is 1. The van der Waals surface area contributed by atoms with Gasteiger partial charge in [-0.25, -0.2) is 19.3 Å². The van der Waals surface area contributed by atoms with E-state index >= 15 is 0 Å². The molecule has 0 spiro atoms. The van der Waals surface area contributed by atoms with E-state index in [9.17, 15) is 9.18 Å². The van der Waals surface area contributed by atoms with Crippen LogP contribution in [-0.2, 0) is 9.53 Å². The van der Waals surface area contributed by atoms with Crippen LogP contribution in [0, 0.1) is 23.6 Å². The number of nitrogens with zero attached hydrogens (tertiary/aromatic N) is 4. The molecule has 34 heavy (non-hydrogen) atoms. The van der Waals surface area contributed by atoms with Crippen molar-refractivity contribution in [1.29, 1.82) is 0 Å². The molecule has 4 heterocycles. The van der Waals surface area contributed by atoms with Gasteiger partial charge < -0.3 is 14.3 Å². The highest BCUT2D eigenvalue weighted by Gasteiger charge is 2.26. The van der Waals surface area contributed by atoms with Crippen LogP contribution >= 0.6 is 11.8 Å². The molecule has 0 amide bonds. The SMILES string of the molecule is CCOC(=O)[C@@H](C)[C@H](C)n1cc(C#CCCSC)c2cnc(-c3c[nH]c4ncc(F)cc34)nc21. The Morgan fingerprint density at radius 1 is 1.29 bits per heavy atom. The lowest BCUT2D eigenvalue weighted by atomic mass is 10.0. The summed E-state index contributed by atoms with van der Waals surface area (Å²) in [7, 11) is 0. The summed E-state index contributed by atoms with van der Waals surface area (Å²) in [6.07, 6.45) is 9.37. The molecule has 0 unspecified atom stereocenters. The minimum atomic E-state index is -0.433. The van der Waals surface area contributed by atoms with Crippen LogP contribution in [0.4, 0.5) is 4.39 Å². The molecule has 0 aliphatic carbocycles. The Bertz CT molecular complexity index is 1400. The Balaban J connectivity index is 1.84. The molecule has 0 saturated carbocycles. The number of aromatic amines is 1. The average molecular weight is 480 g/mol. The van der Waals surface area contributed by atoms with Gasteiger partial charge >= 0.3 is 5.97 Å². The van der Waals surface area contributed by atoms with Gasteiger partial charge in [0.1, 0.15) is 17.1 Å². The fourth-order valence-electron chi connectivity index (χ4n) is 3.75. The van der Waals surface area contributed by atoms with Crippen molar-refractivity contribution in [3.63, 3.8) is 0 Å². The van der Waals surface area contributed by atoms with E-state index in [0.717, 1.165) is 29.3 Å². The maximum absolute atomic E-state index is 13.9. The van der Waals surface area contributed by atoms with Gasteiger partial charge in [-0.1, -0.05) is 11.8 Å². The van der Waals surface area contributed by atoms with Crippen LogP contribution in [0.3, 0.4) is 0 Å². The van der Waals surface area contributed by atoms with Crippen LogP contribution in [0.2, 0.25) is 0 Å². The predicted molar refractivity (Wildman–Crippen MR) is 133 cm³/mol. The second-order valence-corrected chi connectivity index (χ2v) is 8.94. The molecular formula is C25H26FN5O2S. The van der Waals surface area contributed by atoms with E-state index in [1.165, 1.54) is 6.07 Å². The van der Waals surface area contributed by atoms with Crippen LogP contribution in [0.15, 0.2) is 30.9 Å². The largest absolute Gasteiger partial charge is 0.466 e. The summed E-state index contributed by atoms with van der Waals surface area (Å²) in [6.45, 7) is 5.92. The fourth-order valence-corrected chi connectivity index (χ4v) is 4.06. The second kappa shape index (κ2) is 10.3. The molecule has 0 bridgehead atoms. The molecule has 0 aliphatic rings. The predicted octanol–water partition coefficient (Wildman–Crippen LogP) is 4.98. The molecule has 1 N–H and O–H groups in total. The number of aromatic nitrogens is 5. The zero-order chi connectivity index (χ0) is 24.2. The molecule has 4 rings (SSSR count). The third-order valence-corrected chi connectivity index (χ3v) is 6.40. The van der Waals surface area contributed by atoms with Crippen molar-refractivity contribution >= 4 is 39.8 Å². The Morgan fingerprint density at radius 2 is 2.12 bits per heavy atom. The standard InChI is InChI=1S/C25H26FN5O2S/c1-5-33-25(32)15(2)16(3)31-14-17(8-6-7-9-34-4)20-12-29-23(30-24(20)31)21-13-28-22-19(21)10-18(26)11-27-22/h10-16H,5,7,9H2,1-4H3,(H,27,28)/t15-,16-/m0/s1. The highest BCUT2D eigenvalue weighted by Crippen LogP contribution is 2.31. The summed E-state index contributed by atoms with van der Waals surface area (Å²) in [5.41, 5.74) is 2.66. The lowest BCUT2D eigenvalue weighted by Gasteiger charge is -2.20. The van der Waals surface area contributed by atoms with Crippen molar-refractivity contribution < 1.29 is 13.9 Å². The van der Waals surface area contributed by atoms with E-state index < -0.39 is 11.7 Å². The molecule has 0 aliphatic heterocycles. The summed E-state index contributed by atoms with van der Waals surface area (Å²) in [5, 5.41) is 1.40. The number of carbonyl (C=O) groups is 1. The molecule has 9 heteroatoms. The van der Waals surface area contributed by atoms with Crippen LogP contribution in [-0.4, -0.2) is 49.1 Å². The van der Waals surface area contributed by atoms with Crippen molar-refractivity contribution in [1.82, 2.24) is 24.5 Å². The molecule has 0 aromatic carbocycles. The van der Waals surface area contributed by atoms with Crippen molar-refractivity contribution in [2.75, 3.05) is 18.6 Å². The summed E-state index contributed by atoms with van der Waals surface area (Å²) in [4.78, 5) is 28.9. The highest BCUT2D eigenvalue weighted by molar-refractivity contribution is 7.98. The molecule has 176 valence electrons. The van der Waals surface area contributed by atoms with Crippen molar-refractivity contribution in [3.8, 4) is 23.2 Å². The first-order valence-electron chi connectivity index (χ1n) is 11.1.